The lowest BCUT2D eigenvalue weighted by atomic mass is 10.4. The van der Waals surface area contributed by atoms with Crippen molar-refractivity contribution in [1.82, 2.24) is 0 Å². The van der Waals surface area contributed by atoms with Gasteiger partial charge in [0.25, 0.3) is 0 Å². The van der Waals surface area contributed by atoms with Crippen molar-refractivity contribution in [2.45, 2.75) is 4.90 Å². The molecule has 0 saturated carbocycles. The standard InChI is InChI=1S/C9H10O4S2/c1-14(10,11)7-8-15(12,13)9-5-3-2-4-6-9/h2-8H,1H3. The van der Waals surface area contributed by atoms with Crippen molar-refractivity contribution in [1.29, 1.82) is 0 Å². The molecule has 82 valence electrons. The lowest BCUT2D eigenvalue weighted by molar-refractivity contribution is 0.602. The Labute approximate surface area is 89.1 Å². The summed E-state index contributed by atoms with van der Waals surface area (Å²) in [6.45, 7) is 0. The monoisotopic (exact) mass is 246 g/mol. The largest absolute Gasteiger partial charge is 0.225 e. The fraction of sp³-hybridized carbons (Fsp3) is 0.111. The van der Waals surface area contributed by atoms with Gasteiger partial charge in [0, 0.05) is 17.1 Å². The average Bonchev–Trinajstić information content (AvgIpc) is 2.16. The molecule has 0 aliphatic heterocycles. The van der Waals surface area contributed by atoms with Crippen LogP contribution in [0.5, 0.6) is 0 Å². The number of hydrogen-bond donors (Lipinski definition) is 0. The number of hydrogen-bond acceptors (Lipinski definition) is 4. The molecule has 0 atom stereocenters. The summed E-state index contributed by atoms with van der Waals surface area (Å²) in [6.07, 6.45) is 0.935. The molecule has 4 nitrogen and oxygen atoms in total. The molecule has 0 unspecified atom stereocenters. The van der Waals surface area contributed by atoms with E-state index in [4.69, 9.17) is 0 Å². The van der Waals surface area contributed by atoms with E-state index in [0.29, 0.717) is 10.8 Å². The number of rotatable bonds is 3. The normalized spacial score (nSPS) is 13.1. The third kappa shape index (κ3) is 3.85. The van der Waals surface area contributed by atoms with Crippen molar-refractivity contribution in [3.63, 3.8) is 0 Å². The molecule has 0 aromatic heterocycles. The molecule has 0 saturated heterocycles. The minimum atomic E-state index is -3.65. The molecule has 1 aromatic rings. The van der Waals surface area contributed by atoms with Gasteiger partial charge in [0.1, 0.15) is 0 Å². The van der Waals surface area contributed by atoms with Crippen molar-refractivity contribution in [3.05, 3.63) is 41.1 Å². The van der Waals surface area contributed by atoms with Gasteiger partial charge < -0.3 is 0 Å². The molecular weight excluding hydrogens is 236 g/mol. The van der Waals surface area contributed by atoms with E-state index in [1.54, 1.807) is 18.2 Å². The summed E-state index contributed by atoms with van der Waals surface area (Å²) in [5.74, 6) is 0. The molecule has 0 aliphatic rings. The first-order valence-corrected chi connectivity index (χ1v) is 7.50. The van der Waals surface area contributed by atoms with Gasteiger partial charge in [-0.25, -0.2) is 16.8 Å². The van der Waals surface area contributed by atoms with Gasteiger partial charge in [-0.2, -0.15) is 0 Å². The molecule has 0 amide bonds. The van der Waals surface area contributed by atoms with E-state index in [9.17, 15) is 16.8 Å². The van der Waals surface area contributed by atoms with Crippen LogP contribution >= 0.6 is 0 Å². The van der Waals surface area contributed by atoms with Crippen LogP contribution in [0.2, 0.25) is 0 Å². The SMILES string of the molecule is CS(=O)(=O)C=CS(=O)(=O)c1ccccc1. The van der Waals surface area contributed by atoms with E-state index in [0.717, 1.165) is 6.26 Å². The predicted molar refractivity (Wildman–Crippen MR) is 57.6 cm³/mol. The molecule has 0 bridgehead atoms. The zero-order valence-corrected chi connectivity index (χ0v) is 9.62. The molecule has 0 N–H and O–H groups in total. The van der Waals surface area contributed by atoms with Crippen LogP contribution in [0.4, 0.5) is 0 Å². The maximum Gasteiger partial charge on any atom is 0.200 e. The smallest absolute Gasteiger partial charge is 0.200 e. The van der Waals surface area contributed by atoms with Gasteiger partial charge in [0.05, 0.1) is 4.90 Å². The lowest BCUT2D eigenvalue weighted by Crippen LogP contribution is -1.97. The number of benzene rings is 1. The molecule has 0 radical (unpaired) electrons. The molecule has 6 heteroatoms. The van der Waals surface area contributed by atoms with Crippen molar-refractivity contribution < 1.29 is 16.8 Å². The second kappa shape index (κ2) is 4.16. The van der Waals surface area contributed by atoms with Crippen molar-refractivity contribution >= 4 is 19.7 Å². The molecule has 1 rings (SSSR count). The highest BCUT2D eigenvalue weighted by molar-refractivity contribution is 7.97. The summed E-state index contributed by atoms with van der Waals surface area (Å²) >= 11 is 0. The van der Waals surface area contributed by atoms with Crippen LogP contribution in [-0.4, -0.2) is 23.1 Å². The molecule has 0 heterocycles. The van der Waals surface area contributed by atoms with E-state index in [-0.39, 0.29) is 4.90 Å². The van der Waals surface area contributed by atoms with Crippen LogP contribution in [0.1, 0.15) is 0 Å². The Balaban J connectivity index is 3.12. The molecule has 15 heavy (non-hydrogen) atoms. The Hall–Kier alpha value is -1.14. The quantitative estimate of drug-likeness (QED) is 0.797. The van der Waals surface area contributed by atoms with Crippen LogP contribution in [0.15, 0.2) is 46.0 Å². The summed E-state index contributed by atoms with van der Waals surface area (Å²) in [5.41, 5.74) is 0. The lowest BCUT2D eigenvalue weighted by Gasteiger charge is -1.96. The van der Waals surface area contributed by atoms with Gasteiger partial charge in [-0.1, -0.05) is 18.2 Å². The van der Waals surface area contributed by atoms with Gasteiger partial charge >= 0.3 is 0 Å². The minimum Gasteiger partial charge on any atom is -0.225 e. The third-order valence-electron chi connectivity index (χ3n) is 1.55. The fourth-order valence-corrected chi connectivity index (χ4v) is 2.95. The Morgan fingerprint density at radius 2 is 1.47 bits per heavy atom. The third-order valence-corrected chi connectivity index (χ3v) is 3.78. The van der Waals surface area contributed by atoms with E-state index < -0.39 is 19.7 Å². The first kappa shape index (κ1) is 11.9. The molecule has 0 fully saturated rings. The van der Waals surface area contributed by atoms with Crippen molar-refractivity contribution in [2.75, 3.05) is 6.26 Å². The van der Waals surface area contributed by atoms with Gasteiger partial charge in [-0.05, 0) is 12.1 Å². The zero-order chi connectivity index (χ0) is 11.5. The fourth-order valence-electron chi connectivity index (χ4n) is 0.863. The summed E-state index contributed by atoms with van der Waals surface area (Å²) in [5, 5.41) is 1.37. The zero-order valence-electron chi connectivity index (χ0n) is 7.99. The topological polar surface area (TPSA) is 68.3 Å². The molecule has 1 aromatic carbocycles. The van der Waals surface area contributed by atoms with E-state index >= 15 is 0 Å². The average molecular weight is 246 g/mol. The first-order chi connectivity index (χ1) is 6.81. The Morgan fingerprint density at radius 1 is 0.933 bits per heavy atom. The van der Waals surface area contributed by atoms with Crippen LogP contribution < -0.4 is 0 Å². The van der Waals surface area contributed by atoms with Crippen molar-refractivity contribution in [2.24, 2.45) is 0 Å². The summed E-state index contributed by atoms with van der Waals surface area (Å²) < 4.78 is 44.6. The highest BCUT2D eigenvalue weighted by atomic mass is 32.2. The summed E-state index contributed by atoms with van der Waals surface area (Å²) in [6, 6.07) is 7.63. The summed E-state index contributed by atoms with van der Waals surface area (Å²) in [7, 11) is -7.08. The Kier molecular flexibility index (Phi) is 3.31. The van der Waals surface area contributed by atoms with Crippen LogP contribution in [0.3, 0.4) is 0 Å². The minimum absolute atomic E-state index is 0.0740. The van der Waals surface area contributed by atoms with Gasteiger partial charge in [0.2, 0.25) is 0 Å². The second-order valence-corrected chi connectivity index (χ2v) is 6.72. The van der Waals surface area contributed by atoms with Crippen LogP contribution in [0.25, 0.3) is 0 Å². The van der Waals surface area contributed by atoms with Gasteiger partial charge in [-0.15, -0.1) is 0 Å². The van der Waals surface area contributed by atoms with Crippen molar-refractivity contribution in [3.8, 4) is 0 Å². The van der Waals surface area contributed by atoms with E-state index in [1.807, 2.05) is 0 Å². The van der Waals surface area contributed by atoms with Gasteiger partial charge in [0.15, 0.2) is 19.7 Å². The van der Waals surface area contributed by atoms with Gasteiger partial charge in [-0.3, -0.25) is 0 Å². The summed E-state index contributed by atoms with van der Waals surface area (Å²) in [4.78, 5) is 0.0740. The molecule has 0 spiro atoms. The Bertz CT molecular complexity index is 553. The first-order valence-electron chi connectivity index (χ1n) is 3.99. The van der Waals surface area contributed by atoms with E-state index in [1.165, 1.54) is 12.1 Å². The highest BCUT2D eigenvalue weighted by Crippen LogP contribution is 2.11. The maximum absolute atomic E-state index is 11.5. The van der Waals surface area contributed by atoms with E-state index in [2.05, 4.69) is 0 Å². The Morgan fingerprint density at radius 3 is 1.93 bits per heavy atom. The molecular formula is C9H10O4S2. The highest BCUT2D eigenvalue weighted by Gasteiger charge is 2.09. The number of sulfone groups is 2. The van der Waals surface area contributed by atoms with Crippen LogP contribution in [0, 0.1) is 0 Å². The molecule has 0 aliphatic carbocycles. The second-order valence-electron chi connectivity index (χ2n) is 2.96. The maximum atomic E-state index is 11.5. The predicted octanol–water partition coefficient (Wildman–Crippen LogP) is 0.976. The van der Waals surface area contributed by atoms with Crippen LogP contribution in [-0.2, 0) is 19.7 Å².